The number of rotatable bonds is 10. The van der Waals surface area contributed by atoms with Crippen LogP contribution in [0.4, 0.5) is 0 Å². The first-order chi connectivity index (χ1) is 9.26. The summed E-state index contributed by atoms with van der Waals surface area (Å²) in [6.07, 6.45) is 8.90. The van der Waals surface area contributed by atoms with Crippen LogP contribution >= 0.6 is 0 Å². The van der Waals surface area contributed by atoms with Gasteiger partial charge in [0.1, 0.15) is 0 Å². The van der Waals surface area contributed by atoms with E-state index in [-0.39, 0.29) is 0 Å². The highest BCUT2D eigenvalue weighted by atomic mass is 28.4. The van der Waals surface area contributed by atoms with Gasteiger partial charge in [-0.2, -0.15) is 0 Å². The first-order valence-electron chi connectivity index (χ1n) is 8.07. The van der Waals surface area contributed by atoms with E-state index in [1.165, 1.54) is 44.9 Å². The van der Waals surface area contributed by atoms with Gasteiger partial charge in [0.15, 0.2) is 0 Å². The van der Waals surface area contributed by atoms with Crippen molar-refractivity contribution in [2.75, 3.05) is 19.8 Å². The Morgan fingerprint density at radius 2 is 1.63 bits per heavy atom. The number of hydrogen-bond acceptors (Lipinski definition) is 4. The van der Waals surface area contributed by atoms with E-state index < -0.39 is 8.88 Å². The Morgan fingerprint density at radius 3 is 2.16 bits per heavy atom. The minimum atomic E-state index is -2.42. The van der Waals surface area contributed by atoms with Gasteiger partial charge in [-0.15, -0.1) is 0 Å². The topological polar surface area (TPSA) is 42.5 Å². The van der Waals surface area contributed by atoms with Crippen molar-refractivity contribution in [1.29, 1.82) is 0 Å². The van der Waals surface area contributed by atoms with Crippen LogP contribution < -0.4 is 9.96 Å². The van der Waals surface area contributed by atoms with Crippen LogP contribution in [0.15, 0.2) is 0 Å². The smallest absolute Gasteiger partial charge is 0.371 e. The molecule has 1 fully saturated rings. The first-order valence-corrected chi connectivity index (χ1v) is 9.88. The third kappa shape index (κ3) is 6.36. The summed E-state index contributed by atoms with van der Waals surface area (Å²) in [6, 6.07) is 0.563. The molecule has 5 heteroatoms. The van der Waals surface area contributed by atoms with Crippen LogP contribution in [0.5, 0.6) is 0 Å². The van der Waals surface area contributed by atoms with E-state index in [0.717, 1.165) is 6.54 Å². The van der Waals surface area contributed by atoms with Crippen LogP contribution in [-0.2, 0) is 8.85 Å². The second-order valence-corrected chi connectivity index (χ2v) is 7.69. The molecule has 0 radical (unpaired) electrons. The highest BCUT2D eigenvalue weighted by Gasteiger charge is 2.40. The largest absolute Gasteiger partial charge is 0.517 e. The summed E-state index contributed by atoms with van der Waals surface area (Å²) in [6.45, 7) is 8.68. The fourth-order valence-electron chi connectivity index (χ4n) is 2.63. The van der Waals surface area contributed by atoms with Gasteiger partial charge in [-0.1, -0.05) is 32.6 Å². The molecule has 0 aromatic carbocycles. The van der Waals surface area contributed by atoms with Crippen LogP contribution in [0.25, 0.3) is 0 Å². The van der Waals surface area contributed by atoms with Crippen molar-refractivity contribution in [3.63, 3.8) is 0 Å². The zero-order chi connectivity index (χ0) is 14.0. The van der Waals surface area contributed by atoms with E-state index >= 15 is 0 Å². The zero-order valence-corrected chi connectivity index (χ0v) is 14.0. The number of hydrogen-bond donors (Lipinski definition) is 2. The van der Waals surface area contributed by atoms with Gasteiger partial charge in [0.2, 0.25) is 0 Å². The van der Waals surface area contributed by atoms with Gasteiger partial charge in [0.25, 0.3) is 0 Å². The van der Waals surface area contributed by atoms with Crippen molar-refractivity contribution in [2.24, 2.45) is 0 Å². The van der Waals surface area contributed by atoms with E-state index in [9.17, 15) is 0 Å². The van der Waals surface area contributed by atoms with Crippen molar-refractivity contribution >= 4 is 8.88 Å². The summed E-state index contributed by atoms with van der Waals surface area (Å²) >= 11 is 0. The van der Waals surface area contributed by atoms with Crippen molar-refractivity contribution in [2.45, 2.75) is 71.8 Å². The Balaban J connectivity index is 2.57. The molecule has 1 aliphatic carbocycles. The van der Waals surface area contributed by atoms with Gasteiger partial charge >= 0.3 is 8.88 Å². The van der Waals surface area contributed by atoms with Crippen LogP contribution in [0.3, 0.4) is 0 Å². The Labute approximate surface area is 120 Å². The third-order valence-electron chi connectivity index (χ3n) is 3.58. The van der Waals surface area contributed by atoms with Crippen LogP contribution in [-0.4, -0.2) is 34.7 Å². The lowest BCUT2D eigenvalue weighted by Gasteiger charge is -2.35. The Bertz CT molecular complexity index is 217. The molecule has 1 aliphatic rings. The molecular weight excluding hydrogens is 256 g/mol. The summed E-state index contributed by atoms with van der Waals surface area (Å²) in [5.41, 5.74) is 0. The third-order valence-corrected chi connectivity index (χ3v) is 6.48. The first kappa shape index (κ1) is 17.1. The molecule has 0 saturated heterocycles. The van der Waals surface area contributed by atoms with Crippen LogP contribution in [0, 0.1) is 0 Å². The molecule has 2 N–H and O–H groups in total. The van der Waals surface area contributed by atoms with Crippen LogP contribution in [0.1, 0.15) is 65.7 Å². The SMILES string of the molecule is CCCCN[Si](NC1CCCCC1)(OCC)OCC. The van der Waals surface area contributed by atoms with Crippen molar-refractivity contribution in [3.8, 4) is 0 Å². The maximum absolute atomic E-state index is 6.01. The second-order valence-electron chi connectivity index (χ2n) is 5.24. The average molecular weight is 289 g/mol. The molecule has 4 nitrogen and oxygen atoms in total. The lowest BCUT2D eigenvalue weighted by Crippen LogP contribution is -2.69. The molecule has 1 rings (SSSR count). The highest BCUT2D eigenvalue weighted by molar-refractivity contribution is 6.62. The van der Waals surface area contributed by atoms with E-state index in [1.807, 2.05) is 13.8 Å². The maximum atomic E-state index is 6.01. The minimum Gasteiger partial charge on any atom is -0.371 e. The summed E-state index contributed by atoms with van der Waals surface area (Å²) < 4.78 is 12.0. The number of nitrogens with one attached hydrogen (secondary N) is 2. The van der Waals surface area contributed by atoms with Gasteiger partial charge in [0, 0.05) is 19.3 Å². The van der Waals surface area contributed by atoms with Crippen molar-refractivity contribution < 1.29 is 8.85 Å². The molecule has 0 aromatic rings. The molecule has 0 bridgehead atoms. The fraction of sp³-hybridized carbons (Fsp3) is 1.00. The Morgan fingerprint density at radius 1 is 1.00 bits per heavy atom. The van der Waals surface area contributed by atoms with E-state index in [2.05, 4.69) is 16.9 Å². The monoisotopic (exact) mass is 288 g/mol. The summed E-state index contributed by atoms with van der Waals surface area (Å²) in [4.78, 5) is 7.28. The van der Waals surface area contributed by atoms with Crippen LogP contribution in [0.2, 0.25) is 0 Å². The molecule has 0 aliphatic heterocycles. The van der Waals surface area contributed by atoms with Gasteiger partial charge in [0.05, 0.1) is 0 Å². The Hall–Kier alpha value is 0.0569. The molecule has 114 valence electrons. The molecular formula is C14H32N2O2Si. The van der Waals surface area contributed by atoms with E-state index in [4.69, 9.17) is 8.85 Å². The minimum absolute atomic E-state index is 0.563. The molecule has 0 aromatic heterocycles. The lowest BCUT2D eigenvalue weighted by atomic mass is 9.96. The molecule has 1 saturated carbocycles. The highest BCUT2D eigenvalue weighted by Crippen LogP contribution is 2.19. The summed E-state index contributed by atoms with van der Waals surface area (Å²) in [5.74, 6) is 0. The van der Waals surface area contributed by atoms with Gasteiger partial charge in [-0.25, -0.2) is 0 Å². The standard InChI is InChI=1S/C14H32N2O2Si/c1-4-7-13-15-19(17-5-2,18-6-3)16-14-11-9-8-10-12-14/h14-16H,4-13H2,1-3H3. The van der Waals surface area contributed by atoms with E-state index in [1.54, 1.807) is 0 Å². The molecule has 0 spiro atoms. The fourth-order valence-corrected chi connectivity index (χ4v) is 5.33. The predicted molar refractivity (Wildman–Crippen MR) is 81.9 cm³/mol. The maximum Gasteiger partial charge on any atom is 0.517 e. The summed E-state index contributed by atoms with van der Waals surface area (Å²) in [5, 5.41) is 0. The van der Waals surface area contributed by atoms with Crippen molar-refractivity contribution in [3.05, 3.63) is 0 Å². The quantitative estimate of drug-likeness (QED) is 0.479. The normalized spacial score (nSPS) is 17.8. The molecule has 0 heterocycles. The predicted octanol–water partition coefficient (Wildman–Crippen LogP) is 2.81. The van der Waals surface area contributed by atoms with E-state index in [0.29, 0.717) is 19.3 Å². The molecule has 0 atom stereocenters. The van der Waals surface area contributed by atoms with Gasteiger partial charge < -0.3 is 8.85 Å². The zero-order valence-electron chi connectivity index (χ0n) is 13.0. The van der Waals surface area contributed by atoms with Gasteiger partial charge in [-0.05, 0) is 39.7 Å². The molecule has 0 unspecified atom stereocenters. The molecule has 0 amide bonds. The number of unbranched alkanes of at least 4 members (excludes halogenated alkanes) is 1. The lowest BCUT2D eigenvalue weighted by molar-refractivity contribution is 0.150. The van der Waals surface area contributed by atoms with Crippen molar-refractivity contribution in [1.82, 2.24) is 9.96 Å². The Kier molecular flexibility index (Phi) is 8.90. The van der Waals surface area contributed by atoms with Gasteiger partial charge in [-0.3, -0.25) is 9.96 Å². The molecule has 19 heavy (non-hydrogen) atoms. The average Bonchev–Trinajstić information content (AvgIpc) is 2.41. The second kappa shape index (κ2) is 9.88. The summed E-state index contributed by atoms with van der Waals surface area (Å²) in [7, 11) is -2.42.